The number of nitro benzene ring substituents is 1. The zero-order valence-electron chi connectivity index (χ0n) is 11.5. The number of carbonyl (C=O) groups is 1. The summed E-state index contributed by atoms with van der Waals surface area (Å²) >= 11 is 0. The first-order chi connectivity index (χ1) is 9.93. The Labute approximate surface area is 120 Å². The van der Waals surface area contributed by atoms with Gasteiger partial charge in [-0.3, -0.25) is 10.1 Å². The molecule has 0 aliphatic heterocycles. The van der Waals surface area contributed by atoms with Crippen LogP contribution in [0, 0.1) is 17.0 Å². The molecule has 2 rings (SSSR count). The summed E-state index contributed by atoms with van der Waals surface area (Å²) in [7, 11) is 1.56. The third-order valence-corrected chi connectivity index (χ3v) is 3.15. The van der Waals surface area contributed by atoms with Crippen LogP contribution in [0.15, 0.2) is 36.4 Å². The molecule has 0 radical (unpaired) electrons. The predicted octanol–water partition coefficient (Wildman–Crippen LogP) is 3.28. The number of carboxylic acids is 1. The van der Waals surface area contributed by atoms with E-state index in [0.717, 1.165) is 16.9 Å². The summed E-state index contributed by atoms with van der Waals surface area (Å²) in [5, 5.41) is 20.0. The van der Waals surface area contributed by atoms with E-state index < -0.39 is 16.6 Å². The quantitative estimate of drug-likeness (QED) is 0.688. The number of hydrogen-bond acceptors (Lipinski definition) is 4. The molecule has 21 heavy (non-hydrogen) atoms. The van der Waals surface area contributed by atoms with Crippen LogP contribution in [-0.2, 0) is 0 Å². The standard InChI is InChI=1S/C15H13NO5/c1-9-7-10(4-6-14(9)21-2)11-3-5-12(15(17)18)13(8-11)16(19)20/h3-8H,1-2H3,(H,17,18). The first kappa shape index (κ1) is 14.5. The molecule has 0 atom stereocenters. The Kier molecular flexibility index (Phi) is 3.89. The second kappa shape index (κ2) is 5.62. The molecule has 0 aliphatic carbocycles. The van der Waals surface area contributed by atoms with Gasteiger partial charge in [-0.1, -0.05) is 12.1 Å². The maximum Gasteiger partial charge on any atom is 0.342 e. The molecule has 0 saturated carbocycles. The highest BCUT2D eigenvalue weighted by atomic mass is 16.6. The number of ether oxygens (including phenoxy) is 1. The molecule has 0 aliphatic rings. The Morgan fingerprint density at radius 1 is 1.19 bits per heavy atom. The number of carboxylic acid groups (broad SMARTS) is 1. The summed E-state index contributed by atoms with van der Waals surface area (Å²) in [5.74, 6) is -0.602. The SMILES string of the molecule is COc1ccc(-c2ccc(C(=O)O)c([N+](=O)[O-])c2)cc1C. The molecule has 0 bridgehead atoms. The largest absolute Gasteiger partial charge is 0.496 e. The number of rotatable bonds is 4. The summed E-state index contributed by atoms with van der Waals surface area (Å²) < 4.78 is 5.16. The molecular formula is C15H13NO5. The molecule has 0 aromatic heterocycles. The van der Waals surface area contributed by atoms with E-state index in [4.69, 9.17) is 9.84 Å². The smallest absolute Gasteiger partial charge is 0.342 e. The molecule has 0 fully saturated rings. The third kappa shape index (κ3) is 2.84. The first-order valence-electron chi connectivity index (χ1n) is 6.10. The van der Waals surface area contributed by atoms with Crippen LogP contribution in [0.1, 0.15) is 15.9 Å². The van der Waals surface area contributed by atoms with Gasteiger partial charge in [0.15, 0.2) is 0 Å². The minimum absolute atomic E-state index is 0.325. The van der Waals surface area contributed by atoms with Crippen molar-refractivity contribution in [2.75, 3.05) is 7.11 Å². The summed E-state index contributed by atoms with van der Waals surface area (Å²) in [5.41, 5.74) is 1.48. The Balaban J connectivity index is 2.55. The van der Waals surface area contributed by atoms with Gasteiger partial charge in [-0.05, 0) is 41.8 Å². The fourth-order valence-electron chi connectivity index (χ4n) is 2.10. The molecule has 0 amide bonds. The normalized spacial score (nSPS) is 10.2. The number of benzene rings is 2. The molecule has 2 aromatic carbocycles. The Bertz CT molecular complexity index is 724. The summed E-state index contributed by atoms with van der Waals surface area (Å²) in [6.45, 7) is 1.86. The van der Waals surface area contributed by atoms with Crippen LogP contribution >= 0.6 is 0 Å². The minimum atomic E-state index is -1.32. The number of aromatic carboxylic acids is 1. The van der Waals surface area contributed by atoms with Gasteiger partial charge in [-0.2, -0.15) is 0 Å². The zero-order valence-corrected chi connectivity index (χ0v) is 11.5. The second-order valence-corrected chi connectivity index (χ2v) is 4.48. The number of nitro groups is 1. The maximum absolute atomic E-state index is 11.0. The average molecular weight is 287 g/mol. The van der Waals surface area contributed by atoms with Crippen LogP contribution < -0.4 is 4.74 Å². The van der Waals surface area contributed by atoms with Crippen molar-refractivity contribution in [3.8, 4) is 16.9 Å². The van der Waals surface area contributed by atoms with Crippen molar-refractivity contribution in [2.45, 2.75) is 6.92 Å². The lowest BCUT2D eigenvalue weighted by Gasteiger charge is -2.08. The lowest BCUT2D eigenvalue weighted by atomic mass is 10.0. The molecule has 2 aromatic rings. The van der Waals surface area contributed by atoms with Gasteiger partial charge in [-0.15, -0.1) is 0 Å². The van der Waals surface area contributed by atoms with Gasteiger partial charge < -0.3 is 9.84 Å². The first-order valence-corrected chi connectivity index (χ1v) is 6.10. The lowest BCUT2D eigenvalue weighted by molar-refractivity contribution is -0.385. The second-order valence-electron chi connectivity index (χ2n) is 4.48. The molecule has 6 heteroatoms. The van der Waals surface area contributed by atoms with Gasteiger partial charge in [-0.25, -0.2) is 4.79 Å². The highest BCUT2D eigenvalue weighted by Gasteiger charge is 2.20. The maximum atomic E-state index is 11.0. The van der Waals surface area contributed by atoms with Crippen molar-refractivity contribution < 1.29 is 19.6 Å². The minimum Gasteiger partial charge on any atom is -0.496 e. The highest BCUT2D eigenvalue weighted by Crippen LogP contribution is 2.30. The van der Waals surface area contributed by atoms with E-state index >= 15 is 0 Å². The number of aryl methyl sites for hydroxylation is 1. The molecule has 6 nitrogen and oxygen atoms in total. The van der Waals surface area contributed by atoms with Gasteiger partial charge in [0.25, 0.3) is 5.69 Å². The fraction of sp³-hybridized carbons (Fsp3) is 0.133. The van der Waals surface area contributed by atoms with E-state index in [0.29, 0.717) is 5.56 Å². The van der Waals surface area contributed by atoms with E-state index in [1.165, 1.54) is 12.1 Å². The summed E-state index contributed by atoms with van der Waals surface area (Å²) in [6, 6.07) is 9.43. The Morgan fingerprint density at radius 2 is 1.81 bits per heavy atom. The summed E-state index contributed by atoms with van der Waals surface area (Å²) in [6.07, 6.45) is 0. The highest BCUT2D eigenvalue weighted by molar-refractivity contribution is 5.93. The Hall–Kier alpha value is -2.89. The summed E-state index contributed by atoms with van der Waals surface area (Å²) in [4.78, 5) is 21.3. The number of methoxy groups -OCH3 is 1. The van der Waals surface area contributed by atoms with Crippen molar-refractivity contribution >= 4 is 11.7 Å². The molecule has 0 saturated heterocycles. The molecule has 1 N–H and O–H groups in total. The fourth-order valence-corrected chi connectivity index (χ4v) is 2.10. The number of hydrogen-bond donors (Lipinski definition) is 1. The van der Waals surface area contributed by atoms with Crippen molar-refractivity contribution in [2.24, 2.45) is 0 Å². The van der Waals surface area contributed by atoms with Crippen LogP contribution in [0.3, 0.4) is 0 Å². The van der Waals surface area contributed by atoms with E-state index in [1.807, 2.05) is 13.0 Å². The average Bonchev–Trinajstić information content (AvgIpc) is 2.46. The molecule has 108 valence electrons. The van der Waals surface area contributed by atoms with Gasteiger partial charge in [0.05, 0.1) is 12.0 Å². The van der Waals surface area contributed by atoms with Crippen LogP contribution in [0.4, 0.5) is 5.69 Å². The van der Waals surface area contributed by atoms with Crippen molar-refractivity contribution in [1.29, 1.82) is 0 Å². The van der Waals surface area contributed by atoms with E-state index in [1.54, 1.807) is 25.3 Å². The predicted molar refractivity (Wildman–Crippen MR) is 76.8 cm³/mol. The monoisotopic (exact) mass is 287 g/mol. The van der Waals surface area contributed by atoms with E-state index in [9.17, 15) is 14.9 Å². The van der Waals surface area contributed by atoms with Crippen molar-refractivity contribution in [3.63, 3.8) is 0 Å². The van der Waals surface area contributed by atoms with Crippen LogP contribution in [0.2, 0.25) is 0 Å². The van der Waals surface area contributed by atoms with Crippen LogP contribution in [0.25, 0.3) is 11.1 Å². The van der Waals surface area contributed by atoms with Crippen molar-refractivity contribution in [3.05, 3.63) is 57.6 Å². The van der Waals surface area contributed by atoms with Crippen LogP contribution in [0.5, 0.6) is 5.75 Å². The van der Waals surface area contributed by atoms with Crippen molar-refractivity contribution in [1.82, 2.24) is 0 Å². The van der Waals surface area contributed by atoms with E-state index in [-0.39, 0.29) is 5.56 Å². The lowest BCUT2D eigenvalue weighted by Crippen LogP contribution is -2.02. The molecule has 0 heterocycles. The van der Waals surface area contributed by atoms with Gasteiger partial charge in [0, 0.05) is 6.07 Å². The van der Waals surface area contributed by atoms with Crippen LogP contribution in [-0.4, -0.2) is 23.1 Å². The van der Waals surface area contributed by atoms with Gasteiger partial charge in [0.2, 0.25) is 0 Å². The Morgan fingerprint density at radius 3 is 2.33 bits per heavy atom. The topological polar surface area (TPSA) is 89.7 Å². The molecule has 0 unspecified atom stereocenters. The molecule has 0 spiro atoms. The number of nitrogens with zero attached hydrogens (tertiary/aromatic N) is 1. The molecular weight excluding hydrogens is 274 g/mol. The zero-order chi connectivity index (χ0) is 15.6. The van der Waals surface area contributed by atoms with Gasteiger partial charge >= 0.3 is 5.97 Å². The third-order valence-electron chi connectivity index (χ3n) is 3.15. The van der Waals surface area contributed by atoms with E-state index in [2.05, 4.69) is 0 Å². The van der Waals surface area contributed by atoms with Gasteiger partial charge in [0.1, 0.15) is 11.3 Å².